The fourth-order valence-electron chi connectivity index (χ4n) is 1.59. The molecule has 2 heterocycles. The molecule has 0 aromatic carbocycles. The molecule has 0 aliphatic rings. The predicted molar refractivity (Wildman–Crippen MR) is 63.9 cm³/mol. The Labute approximate surface area is 93.0 Å². The summed E-state index contributed by atoms with van der Waals surface area (Å²) in [5, 5.41) is 2.11. The van der Waals surface area contributed by atoms with Gasteiger partial charge < -0.3 is 5.73 Å². The van der Waals surface area contributed by atoms with E-state index in [1.54, 1.807) is 11.3 Å². The molecule has 4 heteroatoms. The number of aryl methyl sites for hydroxylation is 1. The molecule has 2 aromatic rings. The van der Waals surface area contributed by atoms with Crippen LogP contribution in [0.1, 0.15) is 17.4 Å². The standard InChI is InChI=1S/C11H13N3S/c1-3-9-10(13-6-14-11(9)12)8-4-7(2)15-5-8/h4-6H,3H2,1-2H3,(H2,12,13,14). The van der Waals surface area contributed by atoms with Crippen LogP contribution in [0, 0.1) is 6.92 Å². The van der Waals surface area contributed by atoms with Crippen molar-refractivity contribution in [3.63, 3.8) is 0 Å². The molecule has 0 saturated heterocycles. The van der Waals surface area contributed by atoms with Gasteiger partial charge in [0.05, 0.1) is 5.69 Å². The van der Waals surface area contributed by atoms with E-state index in [0.29, 0.717) is 5.82 Å². The largest absolute Gasteiger partial charge is 0.383 e. The third-order valence-corrected chi connectivity index (χ3v) is 3.20. The second kappa shape index (κ2) is 3.98. The molecule has 0 saturated carbocycles. The van der Waals surface area contributed by atoms with Crippen LogP contribution in [0.5, 0.6) is 0 Å². The van der Waals surface area contributed by atoms with Gasteiger partial charge in [0.1, 0.15) is 12.1 Å². The van der Waals surface area contributed by atoms with Crippen LogP contribution in [0.3, 0.4) is 0 Å². The summed E-state index contributed by atoms with van der Waals surface area (Å²) in [5.74, 6) is 0.589. The summed E-state index contributed by atoms with van der Waals surface area (Å²) < 4.78 is 0. The summed E-state index contributed by atoms with van der Waals surface area (Å²) >= 11 is 1.72. The van der Waals surface area contributed by atoms with Gasteiger partial charge in [-0.2, -0.15) is 0 Å². The van der Waals surface area contributed by atoms with Crippen molar-refractivity contribution in [3.05, 3.63) is 28.2 Å². The number of anilines is 1. The molecule has 0 aliphatic carbocycles. The molecule has 0 radical (unpaired) electrons. The maximum Gasteiger partial charge on any atom is 0.130 e. The number of rotatable bonds is 2. The van der Waals surface area contributed by atoms with Crippen molar-refractivity contribution in [1.29, 1.82) is 0 Å². The van der Waals surface area contributed by atoms with Crippen LogP contribution in [0.2, 0.25) is 0 Å². The first kappa shape index (κ1) is 10.1. The number of nitrogens with two attached hydrogens (primary N) is 1. The molecule has 0 bridgehead atoms. The Morgan fingerprint density at radius 2 is 2.20 bits per heavy atom. The summed E-state index contributed by atoms with van der Waals surface area (Å²) in [4.78, 5) is 9.60. The lowest BCUT2D eigenvalue weighted by Crippen LogP contribution is -2.00. The van der Waals surface area contributed by atoms with Crippen molar-refractivity contribution in [2.45, 2.75) is 20.3 Å². The van der Waals surface area contributed by atoms with Gasteiger partial charge in [-0.05, 0) is 19.4 Å². The fraction of sp³-hybridized carbons (Fsp3) is 0.273. The molecule has 0 amide bonds. The van der Waals surface area contributed by atoms with Crippen molar-refractivity contribution < 1.29 is 0 Å². The molecule has 2 rings (SSSR count). The molecular formula is C11H13N3S. The summed E-state index contributed by atoms with van der Waals surface area (Å²) in [5.41, 5.74) is 8.97. The van der Waals surface area contributed by atoms with Crippen LogP contribution < -0.4 is 5.73 Å². The highest BCUT2D eigenvalue weighted by Gasteiger charge is 2.10. The van der Waals surface area contributed by atoms with E-state index in [4.69, 9.17) is 5.73 Å². The SMILES string of the molecule is CCc1c(N)ncnc1-c1csc(C)c1. The molecule has 78 valence electrons. The topological polar surface area (TPSA) is 51.8 Å². The van der Waals surface area contributed by atoms with Crippen LogP contribution in [0.25, 0.3) is 11.3 Å². The quantitative estimate of drug-likeness (QED) is 0.844. The molecule has 3 nitrogen and oxygen atoms in total. The summed E-state index contributed by atoms with van der Waals surface area (Å²) in [7, 11) is 0. The Balaban J connectivity index is 2.57. The molecule has 0 unspecified atom stereocenters. The fourth-order valence-corrected chi connectivity index (χ4v) is 2.28. The minimum atomic E-state index is 0.589. The van der Waals surface area contributed by atoms with Gasteiger partial charge in [0.25, 0.3) is 0 Å². The molecule has 0 aliphatic heterocycles. The Morgan fingerprint density at radius 1 is 1.40 bits per heavy atom. The summed E-state index contributed by atoms with van der Waals surface area (Å²) in [6.07, 6.45) is 2.38. The van der Waals surface area contributed by atoms with Gasteiger partial charge in [0.2, 0.25) is 0 Å². The highest BCUT2D eigenvalue weighted by Crippen LogP contribution is 2.28. The molecule has 0 fully saturated rings. The van der Waals surface area contributed by atoms with Gasteiger partial charge in [-0.15, -0.1) is 11.3 Å². The van der Waals surface area contributed by atoms with E-state index >= 15 is 0 Å². The zero-order valence-electron chi connectivity index (χ0n) is 8.82. The average molecular weight is 219 g/mol. The summed E-state index contributed by atoms with van der Waals surface area (Å²) in [6, 6.07) is 2.13. The lowest BCUT2D eigenvalue weighted by Gasteiger charge is -2.06. The predicted octanol–water partition coefficient (Wildman–Crippen LogP) is 2.66. The van der Waals surface area contributed by atoms with Crippen molar-refractivity contribution in [2.75, 3.05) is 5.73 Å². The van der Waals surface area contributed by atoms with Gasteiger partial charge in [-0.25, -0.2) is 9.97 Å². The van der Waals surface area contributed by atoms with E-state index in [1.165, 1.54) is 11.2 Å². The first-order chi connectivity index (χ1) is 7.22. The van der Waals surface area contributed by atoms with Crippen LogP contribution in [0.4, 0.5) is 5.82 Å². The molecule has 0 spiro atoms. The van der Waals surface area contributed by atoms with Crippen LogP contribution in [0.15, 0.2) is 17.8 Å². The molecule has 2 N–H and O–H groups in total. The molecular weight excluding hydrogens is 206 g/mol. The lowest BCUT2D eigenvalue weighted by molar-refractivity contribution is 1.06. The Hall–Kier alpha value is -1.42. The zero-order valence-corrected chi connectivity index (χ0v) is 9.64. The Bertz CT molecular complexity index is 476. The first-order valence-corrected chi connectivity index (χ1v) is 5.75. The Kier molecular flexibility index (Phi) is 2.68. The van der Waals surface area contributed by atoms with E-state index in [1.807, 2.05) is 0 Å². The molecule has 15 heavy (non-hydrogen) atoms. The van der Waals surface area contributed by atoms with E-state index in [-0.39, 0.29) is 0 Å². The second-order valence-electron chi connectivity index (χ2n) is 3.39. The van der Waals surface area contributed by atoms with E-state index in [9.17, 15) is 0 Å². The van der Waals surface area contributed by atoms with E-state index < -0.39 is 0 Å². The van der Waals surface area contributed by atoms with Gasteiger partial charge in [0, 0.05) is 21.4 Å². The maximum atomic E-state index is 5.83. The normalized spacial score (nSPS) is 10.5. The van der Waals surface area contributed by atoms with Crippen LogP contribution in [-0.2, 0) is 6.42 Å². The van der Waals surface area contributed by atoms with Crippen molar-refractivity contribution in [1.82, 2.24) is 9.97 Å². The monoisotopic (exact) mass is 219 g/mol. The van der Waals surface area contributed by atoms with Gasteiger partial charge in [-0.1, -0.05) is 6.92 Å². The minimum Gasteiger partial charge on any atom is -0.383 e. The van der Waals surface area contributed by atoms with Crippen molar-refractivity contribution in [2.24, 2.45) is 0 Å². The van der Waals surface area contributed by atoms with Crippen molar-refractivity contribution >= 4 is 17.2 Å². The van der Waals surface area contributed by atoms with Crippen LogP contribution >= 0.6 is 11.3 Å². The molecule has 2 aromatic heterocycles. The number of nitrogen functional groups attached to an aromatic ring is 1. The van der Waals surface area contributed by atoms with E-state index in [2.05, 4.69) is 35.3 Å². The third kappa shape index (κ3) is 1.85. The van der Waals surface area contributed by atoms with Gasteiger partial charge in [-0.3, -0.25) is 0 Å². The van der Waals surface area contributed by atoms with Crippen molar-refractivity contribution in [3.8, 4) is 11.3 Å². The van der Waals surface area contributed by atoms with Gasteiger partial charge >= 0.3 is 0 Å². The minimum absolute atomic E-state index is 0.589. The van der Waals surface area contributed by atoms with Gasteiger partial charge in [0.15, 0.2) is 0 Å². The average Bonchev–Trinajstić information content (AvgIpc) is 2.64. The number of thiophene rings is 1. The summed E-state index contributed by atoms with van der Waals surface area (Å²) in [6.45, 7) is 4.15. The smallest absolute Gasteiger partial charge is 0.130 e. The van der Waals surface area contributed by atoms with Crippen LogP contribution in [-0.4, -0.2) is 9.97 Å². The number of hydrogen-bond acceptors (Lipinski definition) is 4. The first-order valence-electron chi connectivity index (χ1n) is 4.87. The number of hydrogen-bond donors (Lipinski definition) is 1. The maximum absolute atomic E-state index is 5.83. The highest BCUT2D eigenvalue weighted by molar-refractivity contribution is 7.10. The molecule has 0 atom stereocenters. The Morgan fingerprint density at radius 3 is 2.80 bits per heavy atom. The zero-order chi connectivity index (χ0) is 10.8. The van der Waals surface area contributed by atoms with E-state index in [0.717, 1.165) is 23.2 Å². The number of nitrogens with zero attached hydrogens (tertiary/aromatic N) is 2. The highest BCUT2D eigenvalue weighted by atomic mass is 32.1. The third-order valence-electron chi connectivity index (χ3n) is 2.34. The second-order valence-corrected chi connectivity index (χ2v) is 4.50. The number of aromatic nitrogens is 2. The lowest BCUT2D eigenvalue weighted by atomic mass is 10.1.